The van der Waals surface area contributed by atoms with Crippen molar-refractivity contribution in [1.29, 1.82) is 0 Å². The Morgan fingerprint density at radius 3 is 2.74 bits per heavy atom. The Labute approximate surface area is 160 Å². The molecule has 3 heterocycles. The predicted molar refractivity (Wildman–Crippen MR) is 105 cm³/mol. The number of benzene rings is 1. The maximum absolute atomic E-state index is 12.9. The molecule has 0 aliphatic heterocycles. The lowest BCUT2D eigenvalue weighted by atomic mass is 10.2. The first-order valence-corrected chi connectivity index (χ1v) is 10.0. The van der Waals surface area contributed by atoms with Gasteiger partial charge in [0.05, 0.1) is 22.3 Å². The Balaban J connectivity index is 1.82. The minimum Gasteiger partial charge on any atom is -0.445 e. The first-order chi connectivity index (χ1) is 13.1. The van der Waals surface area contributed by atoms with E-state index >= 15 is 0 Å². The molecule has 0 N–H and O–H groups in total. The summed E-state index contributed by atoms with van der Waals surface area (Å²) in [4.78, 5) is 17.4. The molecule has 0 atom stereocenters. The topological polar surface area (TPSA) is 78.2 Å². The largest absolute Gasteiger partial charge is 0.445 e. The molecule has 4 rings (SSSR count). The van der Waals surface area contributed by atoms with E-state index in [9.17, 15) is 4.79 Å². The molecule has 0 saturated carbocycles. The van der Waals surface area contributed by atoms with Crippen molar-refractivity contribution in [2.45, 2.75) is 51.1 Å². The lowest BCUT2D eigenvalue weighted by Gasteiger charge is -2.10. The highest BCUT2D eigenvalue weighted by atomic mass is 32.2. The Morgan fingerprint density at radius 1 is 1.19 bits per heavy atom. The van der Waals surface area contributed by atoms with Crippen molar-refractivity contribution in [3.8, 4) is 0 Å². The number of fused-ring (bicyclic) bond motifs is 3. The average Bonchev–Trinajstić information content (AvgIpc) is 3.23. The van der Waals surface area contributed by atoms with Crippen LogP contribution in [0.1, 0.15) is 37.1 Å². The highest BCUT2D eigenvalue weighted by Crippen LogP contribution is 2.25. The van der Waals surface area contributed by atoms with Gasteiger partial charge in [-0.1, -0.05) is 37.2 Å². The van der Waals surface area contributed by atoms with Gasteiger partial charge in [-0.15, -0.1) is 10.2 Å². The molecule has 0 unspecified atom stereocenters. The van der Waals surface area contributed by atoms with Crippen LogP contribution in [0.2, 0.25) is 0 Å². The summed E-state index contributed by atoms with van der Waals surface area (Å²) in [5.41, 5.74) is 1.70. The Bertz CT molecular complexity index is 1150. The van der Waals surface area contributed by atoms with Crippen LogP contribution in [-0.4, -0.2) is 24.1 Å². The number of para-hydroxylation sites is 1. The average molecular weight is 383 g/mol. The predicted octanol–water partition coefficient (Wildman–Crippen LogP) is 3.74. The fourth-order valence-corrected chi connectivity index (χ4v) is 3.86. The van der Waals surface area contributed by atoms with Crippen LogP contribution in [0.25, 0.3) is 16.7 Å². The lowest BCUT2D eigenvalue weighted by molar-refractivity contribution is 0.489. The van der Waals surface area contributed by atoms with Gasteiger partial charge >= 0.3 is 0 Å². The van der Waals surface area contributed by atoms with Crippen molar-refractivity contribution in [3.05, 3.63) is 52.0 Å². The summed E-state index contributed by atoms with van der Waals surface area (Å²) in [5.74, 6) is 2.62. The van der Waals surface area contributed by atoms with Crippen LogP contribution in [0.4, 0.5) is 0 Å². The van der Waals surface area contributed by atoms with Gasteiger partial charge < -0.3 is 4.42 Å². The van der Waals surface area contributed by atoms with Gasteiger partial charge in [-0.3, -0.25) is 13.8 Å². The molecule has 1 aromatic carbocycles. The maximum Gasteiger partial charge on any atom is 0.262 e. The quantitative estimate of drug-likeness (QED) is 0.472. The number of oxazole rings is 1. The van der Waals surface area contributed by atoms with Crippen LogP contribution in [0.3, 0.4) is 0 Å². The summed E-state index contributed by atoms with van der Waals surface area (Å²) >= 11 is 1.50. The van der Waals surface area contributed by atoms with Gasteiger partial charge in [-0.2, -0.15) is 0 Å². The monoisotopic (exact) mass is 383 g/mol. The number of hydrogen-bond acceptors (Lipinski definition) is 6. The number of aromatic nitrogens is 5. The number of nitrogens with zero attached hydrogens (tertiary/aromatic N) is 5. The molecule has 7 nitrogen and oxygen atoms in total. The minimum absolute atomic E-state index is 0.0190. The zero-order valence-corrected chi connectivity index (χ0v) is 16.4. The second kappa shape index (κ2) is 7.19. The van der Waals surface area contributed by atoms with Crippen LogP contribution >= 0.6 is 11.8 Å². The van der Waals surface area contributed by atoms with E-state index in [0.717, 1.165) is 35.0 Å². The molecule has 4 aromatic rings. The van der Waals surface area contributed by atoms with Crippen LogP contribution in [0.5, 0.6) is 0 Å². The fraction of sp³-hybridized carbons (Fsp3) is 0.368. The molecular weight excluding hydrogens is 362 g/mol. The van der Waals surface area contributed by atoms with Crippen molar-refractivity contribution < 1.29 is 4.42 Å². The SMILES string of the molecule is CCCCn1c(=O)c2ccccc2n2c(SCc3nc(C)c(C)o3)nnc12. The highest BCUT2D eigenvalue weighted by molar-refractivity contribution is 7.98. The number of hydrogen-bond donors (Lipinski definition) is 0. The van der Waals surface area contributed by atoms with E-state index in [1.165, 1.54) is 11.8 Å². The highest BCUT2D eigenvalue weighted by Gasteiger charge is 2.17. The molecule has 8 heteroatoms. The van der Waals surface area contributed by atoms with Gasteiger partial charge in [0.1, 0.15) is 5.76 Å². The summed E-state index contributed by atoms with van der Waals surface area (Å²) < 4.78 is 9.35. The number of aryl methyl sites for hydroxylation is 3. The van der Waals surface area contributed by atoms with Gasteiger partial charge in [-0.05, 0) is 32.4 Å². The zero-order valence-electron chi connectivity index (χ0n) is 15.6. The summed E-state index contributed by atoms with van der Waals surface area (Å²) in [6.45, 7) is 6.57. The molecule has 0 saturated heterocycles. The molecular formula is C19H21N5O2S. The fourth-order valence-electron chi connectivity index (χ4n) is 3.07. The van der Waals surface area contributed by atoms with Gasteiger partial charge in [0.15, 0.2) is 5.16 Å². The van der Waals surface area contributed by atoms with Crippen LogP contribution in [0.15, 0.2) is 38.6 Å². The van der Waals surface area contributed by atoms with E-state index in [2.05, 4.69) is 22.1 Å². The number of unbranched alkanes of at least 4 members (excludes halogenated alkanes) is 1. The lowest BCUT2D eigenvalue weighted by Crippen LogP contribution is -2.23. The van der Waals surface area contributed by atoms with E-state index in [4.69, 9.17) is 4.42 Å². The summed E-state index contributed by atoms with van der Waals surface area (Å²) in [7, 11) is 0. The molecule has 0 aliphatic carbocycles. The van der Waals surface area contributed by atoms with Crippen molar-refractivity contribution in [1.82, 2.24) is 24.1 Å². The normalized spacial score (nSPS) is 11.7. The van der Waals surface area contributed by atoms with Crippen molar-refractivity contribution in [3.63, 3.8) is 0 Å². The van der Waals surface area contributed by atoms with E-state index in [1.807, 2.05) is 42.5 Å². The van der Waals surface area contributed by atoms with E-state index in [-0.39, 0.29) is 5.56 Å². The van der Waals surface area contributed by atoms with Crippen molar-refractivity contribution in [2.24, 2.45) is 0 Å². The molecule has 0 spiro atoms. The van der Waals surface area contributed by atoms with Gasteiger partial charge in [0.2, 0.25) is 11.7 Å². The van der Waals surface area contributed by atoms with Crippen LogP contribution in [0, 0.1) is 13.8 Å². The van der Waals surface area contributed by atoms with Crippen molar-refractivity contribution in [2.75, 3.05) is 0 Å². The third-order valence-electron chi connectivity index (χ3n) is 4.61. The van der Waals surface area contributed by atoms with Crippen LogP contribution in [-0.2, 0) is 12.3 Å². The summed E-state index contributed by atoms with van der Waals surface area (Å²) in [6, 6.07) is 7.59. The first-order valence-electron chi connectivity index (χ1n) is 9.02. The first kappa shape index (κ1) is 17.8. The standard InChI is InChI=1S/C19H21N5O2S/c1-4-5-10-23-17(25)14-8-6-7-9-15(14)24-18(23)21-22-19(24)27-11-16-20-12(2)13(3)26-16/h6-9H,4-5,10-11H2,1-3H3. The van der Waals surface area contributed by atoms with Crippen molar-refractivity contribution >= 4 is 28.4 Å². The van der Waals surface area contributed by atoms with E-state index in [0.29, 0.717) is 29.4 Å². The minimum atomic E-state index is -0.0190. The maximum atomic E-state index is 12.9. The Hall–Kier alpha value is -2.61. The van der Waals surface area contributed by atoms with Gasteiger partial charge in [0, 0.05) is 6.54 Å². The summed E-state index contributed by atoms with van der Waals surface area (Å²) in [5, 5.41) is 10.1. The molecule has 0 bridgehead atoms. The third-order valence-corrected chi connectivity index (χ3v) is 5.52. The molecule has 27 heavy (non-hydrogen) atoms. The smallest absolute Gasteiger partial charge is 0.262 e. The zero-order chi connectivity index (χ0) is 19.0. The van der Waals surface area contributed by atoms with E-state index in [1.54, 1.807) is 4.57 Å². The second-order valence-electron chi connectivity index (χ2n) is 6.48. The Kier molecular flexibility index (Phi) is 4.73. The van der Waals surface area contributed by atoms with Gasteiger partial charge in [0.25, 0.3) is 5.56 Å². The molecule has 140 valence electrons. The van der Waals surface area contributed by atoms with Crippen LogP contribution < -0.4 is 5.56 Å². The number of thioether (sulfide) groups is 1. The Morgan fingerprint density at radius 2 is 2.00 bits per heavy atom. The molecule has 0 fully saturated rings. The van der Waals surface area contributed by atoms with Gasteiger partial charge in [-0.25, -0.2) is 4.98 Å². The second-order valence-corrected chi connectivity index (χ2v) is 7.43. The third kappa shape index (κ3) is 3.14. The molecule has 0 aliphatic rings. The molecule has 0 amide bonds. The molecule has 0 radical (unpaired) electrons. The van der Waals surface area contributed by atoms with E-state index < -0.39 is 0 Å². The molecule has 3 aromatic heterocycles. The number of rotatable bonds is 6. The summed E-state index contributed by atoms with van der Waals surface area (Å²) in [6.07, 6.45) is 1.92.